The summed E-state index contributed by atoms with van der Waals surface area (Å²) in [6.45, 7) is 1.32. The van der Waals surface area contributed by atoms with Crippen LogP contribution in [0.3, 0.4) is 0 Å². The number of hydrogen-bond acceptors (Lipinski definition) is 4. The molecule has 0 atom stereocenters. The number of aromatic nitrogens is 3. The highest BCUT2D eigenvalue weighted by atomic mass is 19.1. The molecule has 0 aliphatic carbocycles. The van der Waals surface area contributed by atoms with Crippen molar-refractivity contribution in [1.29, 1.82) is 5.26 Å². The fraction of sp³-hybridized carbons (Fsp3) is 0.412. The lowest BCUT2D eigenvalue weighted by atomic mass is 10.2. The Kier molecular flexibility index (Phi) is 5.23. The fourth-order valence-corrected chi connectivity index (χ4v) is 2.90. The molecule has 2 aromatic rings. The normalized spacial score (nSPS) is 13.4. The quantitative estimate of drug-likeness (QED) is 0.892. The molecule has 0 saturated heterocycles. The van der Waals surface area contributed by atoms with Gasteiger partial charge in [0.25, 0.3) is 0 Å². The smallest absolute Gasteiger partial charge is 0.319 e. The van der Waals surface area contributed by atoms with Gasteiger partial charge >= 0.3 is 6.03 Å². The Labute approximate surface area is 144 Å². The van der Waals surface area contributed by atoms with E-state index in [1.165, 1.54) is 18.6 Å². The third-order valence-corrected chi connectivity index (χ3v) is 4.17. The predicted octanol–water partition coefficient (Wildman–Crippen LogP) is 2.38. The molecule has 1 aliphatic heterocycles. The van der Waals surface area contributed by atoms with Crippen molar-refractivity contribution in [2.24, 2.45) is 0 Å². The molecule has 0 bridgehead atoms. The van der Waals surface area contributed by atoms with E-state index in [-0.39, 0.29) is 11.3 Å². The second-order valence-electron chi connectivity index (χ2n) is 5.93. The van der Waals surface area contributed by atoms with E-state index < -0.39 is 11.8 Å². The number of fused-ring (bicyclic) bond motifs is 1. The van der Waals surface area contributed by atoms with Gasteiger partial charge in [-0.3, -0.25) is 0 Å². The van der Waals surface area contributed by atoms with Crippen molar-refractivity contribution in [1.82, 2.24) is 20.1 Å². The van der Waals surface area contributed by atoms with Gasteiger partial charge in [0.15, 0.2) is 0 Å². The first-order chi connectivity index (χ1) is 12.2. The van der Waals surface area contributed by atoms with E-state index in [1.54, 1.807) is 0 Å². The number of carbonyl (C=O) groups is 1. The fourth-order valence-electron chi connectivity index (χ4n) is 2.90. The van der Waals surface area contributed by atoms with Crippen LogP contribution in [0.25, 0.3) is 0 Å². The van der Waals surface area contributed by atoms with Gasteiger partial charge in [0.05, 0.1) is 11.3 Å². The number of aryl methyl sites for hydroxylation is 1. The van der Waals surface area contributed by atoms with Gasteiger partial charge in [-0.15, -0.1) is 10.2 Å². The lowest BCUT2D eigenvalue weighted by molar-refractivity contribution is 0.252. The number of hydrogen-bond donors (Lipinski definition) is 2. The number of benzene rings is 1. The summed E-state index contributed by atoms with van der Waals surface area (Å²) in [6, 6.07) is 5.06. The van der Waals surface area contributed by atoms with E-state index in [0.29, 0.717) is 13.0 Å². The third kappa shape index (κ3) is 4.12. The largest absolute Gasteiger partial charge is 0.337 e. The van der Waals surface area contributed by atoms with Crippen LogP contribution in [0.5, 0.6) is 0 Å². The molecule has 1 aromatic carbocycles. The first-order valence-corrected chi connectivity index (χ1v) is 8.33. The number of amides is 2. The molecule has 25 heavy (non-hydrogen) atoms. The maximum atomic E-state index is 13.1. The van der Waals surface area contributed by atoms with Crippen LogP contribution in [0.2, 0.25) is 0 Å². The number of halogens is 1. The number of nitriles is 1. The Bertz CT molecular complexity index is 810. The van der Waals surface area contributed by atoms with Crippen LogP contribution in [-0.2, 0) is 19.4 Å². The molecule has 0 saturated carbocycles. The zero-order chi connectivity index (χ0) is 17.6. The second-order valence-corrected chi connectivity index (χ2v) is 5.93. The van der Waals surface area contributed by atoms with Gasteiger partial charge in [-0.25, -0.2) is 9.18 Å². The summed E-state index contributed by atoms with van der Waals surface area (Å²) >= 11 is 0. The lowest BCUT2D eigenvalue weighted by Crippen LogP contribution is -2.31. The van der Waals surface area contributed by atoms with Gasteiger partial charge in [0, 0.05) is 25.9 Å². The first-order valence-electron chi connectivity index (χ1n) is 8.33. The molecule has 1 aliphatic rings. The van der Waals surface area contributed by atoms with Crippen LogP contribution < -0.4 is 10.6 Å². The summed E-state index contributed by atoms with van der Waals surface area (Å²) in [5.74, 6) is 1.37. The zero-order valence-electron chi connectivity index (χ0n) is 13.8. The van der Waals surface area contributed by atoms with Crippen molar-refractivity contribution >= 4 is 11.7 Å². The average Bonchev–Trinajstić information content (AvgIpc) is 2.83. The van der Waals surface area contributed by atoms with Crippen LogP contribution in [-0.4, -0.2) is 27.3 Å². The van der Waals surface area contributed by atoms with E-state index in [2.05, 4.69) is 25.4 Å². The van der Waals surface area contributed by atoms with E-state index >= 15 is 0 Å². The molecule has 2 amide bonds. The minimum absolute atomic E-state index is 0.0814. The highest BCUT2D eigenvalue weighted by Crippen LogP contribution is 2.16. The maximum absolute atomic E-state index is 13.1. The van der Waals surface area contributed by atoms with E-state index in [4.69, 9.17) is 5.26 Å². The summed E-state index contributed by atoms with van der Waals surface area (Å²) in [7, 11) is 0. The Morgan fingerprint density at radius 3 is 3.04 bits per heavy atom. The summed E-state index contributed by atoms with van der Waals surface area (Å²) in [4.78, 5) is 12.0. The predicted molar refractivity (Wildman–Crippen MR) is 89.4 cm³/mol. The molecule has 2 N–H and O–H groups in total. The maximum Gasteiger partial charge on any atom is 0.319 e. The monoisotopic (exact) mass is 342 g/mol. The Morgan fingerprint density at radius 2 is 2.20 bits per heavy atom. The Hall–Kier alpha value is -2.95. The van der Waals surface area contributed by atoms with Crippen molar-refractivity contribution in [2.75, 3.05) is 11.9 Å². The van der Waals surface area contributed by atoms with Gasteiger partial charge in [-0.1, -0.05) is 6.42 Å². The van der Waals surface area contributed by atoms with Crippen molar-refractivity contribution < 1.29 is 9.18 Å². The molecule has 0 unspecified atom stereocenters. The minimum Gasteiger partial charge on any atom is -0.337 e. The average molecular weight is 342 g/mol. The van der Waals surface area contributed by atoms with Gasteiger partial charge in [0.1, 0.15) is 23.5 Å². The van der Waals surface area contributed by atoms with Gasteiger partial charge in [-0.05, 0) is 31.0 Å². The van der Waals surface area contributed by atoms with Crippen LogP contribution in [0, 0.1) is 17.1 Å². The van der Waals surface area contributed by atoms with Crippen molar-refractivity contribution in [2.45, 2.75) is 38.6 Å². The number of nitrogens with one attached hydrogen (secondary N) is 2. The van der Waals surface area contributed by atoms with Crippen molar-refractivity contribution in [3.63, 3.8) is 0 Å². The third-order valence-electron chi connectivity index (χ3n) is 4.17. The standard InChI is InChI=1S/C17H19FN6O/c18-13-5-6-14(12(10-13)11-19)21-17(25)20-8-7-16-23-22-15-4-2-1-3-9-24(15)16/h5-6,10H,1-4,7-9H2,(H2,20,21,25). The summed E-state index contributed by atoms with van der Waals surface area (Å²) in [6.07, 6.45) is 4.98. The Morgan fingerprint density at radius 1 is 1.32 bits per heavy atom. The molecule has 7 nitrogen and oxygen atoms in total. The van der Waals surface area contributed by atoms with E-state index in [9.17, 15) is 9.18 Å². The molecule has 1 aromatic heterocycles. The van der Waals surface area contributed by atoms with Gasteiger partial charge in [0.2, 0.25) is 0 Å². The number of nitrogens with zero attached hydrogens (tertiary/aromatic N) is 4. The highest BCUT2D eigenvalue weighted by Gasteiger charge is 2.14. The molecule has 0 fully saturated rings. The number of carbonyl (C=O) groups excluding carboxylic acids is 1. The number of urea groups is 1. The first kappa shape index (κ1) is 16.9. The van der Waals surface area contributed by atoms with Crippen LogP contribution in [0.1, 0.15) is 36.5 Å². The van der Waals surface area contributed by atoms with Crippen LogP contribution in [0.15, 0.2) is 18.2 Å². The SMILES string of the molecule is N#Cc1cc(F)ccc1NC(=O)NCCc1nnc2n1CCCCC2. The molecule has 8 heteroatoms. The molecular weight excluding hydrogens is 323 g/mol. The Balaban J connectivity index is 1.54. The lowest BCUT2D eigenvalue weighted by Gasteiger charge is -2.10. The van der Waals surface area contributed by atoms with Crippen LogP contribution in [0.4, 0.5) is 14.9 Å². The van der Waals surface area contributed by atoms with Crippen molar-refractivity contribution in [3.8, 4) is 6.07 Å². The zero-order valence-corrected chi connectivity index (χ0v) is 13.8. The summed E-state index contributed by atoms with van der Waals surface area (Å²) in [5.41, 5.74) is 0.357. The number of anilines is 1. The summed E-state index contributed by atoms with van der Waals surface area (Å²) < 4.78 is 15.2. The van der Waals surface area contributed by atoms with Gasteiger partial charge in [-0.2, -0.15) is 5.26 Å². The van der Waals surface area contributed by atoms with Gasteiger partial charge < -0.3 is 15.2 Å². The minimum atomic E-state index is -0.519. The highest BCUT2D eigenvalue weighted by molar-refractivity contribution is 5.90. The molecule has 0 spiro atoms. The van der Waals surface area contributed by atoms with E-state index in [0.717, 1.165) is 43.5 Å². The molecular formula is C17H19FN6O. The molecule has 3 rings (SSSR count). The van der Waals surface area contributed by atoms with Crippen molar-refractivity contribution in [3.05, 3.63) is 41.2 Å². The molecule has 130 valence electrons. The van der Waals surface area contributed by atoms with Crippen LogP contribution >= 0.6 is 0 Å². The summed E-state index contributed by atoms with van der Waals surface area (Å²) in [5, 5.41) is 22.7. The second kappa shape index (κ2) is 7.75. The number of rotatable bonds is 4. The van der Waals surface area contributed by atoms with E-state index in [1.807, 2.05) is 6.07 Å². The molecule has 0 radical (unpaired) electrons. The molecule has 2 heterocycles. The topological polar surface area (TPSA) is 95.6 Å².